The molecule has 2 aromatic carbocycles. The quantitative estimate of drug-likeness (QED) is 0.825. The van der Waals surface area contributed by atoms with Crippen molar-refractivity contribution < 1.29 is 4.79 Å². The fraction of sp³-hybridized carbons (Fsp3) is 0.316. The van der Waals surface area contributed by atoms with Gasteiger partial charge in [0.2, 0.25) is 5.91 Å². The Morgan fingerprint density at radius 2 is 1.45 bits per heavy atom. The van der Waals surface area contributed by atoms with E-state index in [1.807, 2.05) is 43.4 Å². The zero-order chi connectivity index (χ0) is 15.8. The Morgan fingerprint density at radius 1 is 0.955 bits per heavy atom. The van der Waals surface area contributed by atoms with Crippen LogP contribution in [0.25, 0.3) is 0 Å². The van der Waals surface area contributed by atoms with E-state index in [-0.39, 0.29) is 17.9 Å². The second kappa shape index (κ2) is 8.35. The molecule has 0 aliphatic carbocycles. The summed E-state index contributed by atoms with van der Waals surface area (Å²) in [5.74, 6) is 0.236. The summed E-state index contributed by atoms with van der Waals surface area (Å²) in [5.41, 5.74) is 2.44. The number of amides is 1. The summed E-state index contributed by atoms with van der Waals surface area (Å²) in [6.45, 7) is 2.77. The minimum Gasteiger partial charge on any atom is -0.353 e. The molecule has 116 valence electrons. The molecular weight excluding hydrogens is 272 g/mol. The van der Waals surface area contributed by atoms with Crippen molar-refractivity contribution in [3.8, 4) is 0 Å². The number of rotatable bonds is 7. The first kappa shape index (κ1) is 16.2. The molecule has 0 heterocycles. The fourth-order valence-corrected chi connectivity index (χ4v) is 2.74. The highest BCUT2D eigenvalue weighted by molar-refractivity contribution is 5.76. The fourth-order valence-electron chi connectivity index (χ4n) is 2.74. The van der Waals surface area contributed by atoms with Gasteiger partial charge in [-0.15, -0.1) is 0 Å². The third kappa shape index (κ3) is 4.43. The van der Waals surface area contributed by atoms with Gasteiger partial charge in [-0.2, -0.15) is 0 Å². The van der Waals surface area contributed by atoms with Gasteiger partial charge in [-0.1, -0.05) is 60.7 Å². The molecule has 1 unspecified atom stereocenters. The predicted octanol–water partition coefficient (Wildman–Crippen LogP) is 2.93. The van der Waals surface area contributed by atoms with Crippen LogP contribution in [0, 0.1) is 0 Å². The molecule has 0 radical (unpaired) electrons. The van der Waals surface area contributed by atoms with Gasteiger partial charge in [0.1, 0.15) is 0 Å². The normalized spacial score (nSPS) is 12.1. The first-order valence-electron chi connectivity index (χ1n) is 7.76. The summed E-state index contributed by atoms with van der Waals surface area (Å²) in [4.78, 5) is 12.0. The molecule has 0 aliphatic rings. The Balaban J connectivity index is 2.20. The Hall–Kier alpha value is -2.13. The maximum absolute atomic E-state index is 12.0. The third-order valence-corrected chi connectivity index (χ3v) is 3.81. The van der Waals surface area contributed by atoms with Crippen molar-refractivity contribution in [2.45, 2.75) is 25.3 Å². The molecule has 0 aromatic heterocycles. The highest BCUT2D eigenvalue weighted by Crippen LogP contribution is 2.27. The lowest BCUT2D eigenvalue weighted by molar-refractivity contribution is -0.121. The molecule has 0 bridgehead atoms. The molecule has 0 aliphatic heterocycles. The number of nitrogens with one attached hydrogen (secondary N) is 2. The molecule has 1 amide bonds. The van der Waals surface area contributed by atoms with Crippen molar-refractivity contribution in [2.24, 2.45) is 0 Å². The van der Waals surface area contributed by atoms with E-state index in [4.69, 9.17) is 0 Å². The summed E-state index contributed by atoms with van der Waals surface area (Å²) in [7, 11) is 1.85. The van der Waals surface area contributed by atoms with E-state index < -0.39 is 0 Å². The standard InChI is InChI=1S/C19H24N2O/c1-15(21-18(22)13-14-20-2)19(16-9-5-3-6-10-16)17-11-7-4-8-12-17/h3-12,15,19-20H,13-14H2,1-2H3,(H,21,22). The number of benzene rings is 2. The van der Waals surface area contributed by atoms with Crippen molar-refractivity contribution in [1.82, 2.24) is 10.6 Å². The zero-order valence-electron chi connectivity index (χ0n) is 13.3. The molecule has 3 nitrogen and oxygen atoms in total. The third-order valence-electron chi connectivity index (χ3n) is 3.81. The lowest BCUT2D eigenvalue weighted by Gasteiger charge is -2.26. The van der Waals surface area contributed by atoms with E-state index >= 15 is 0 Å². The first-order chi connectivity index (χ1) is 10.7. The molecule has 22 heavy (non-hydrogen) atoms. The van der Waals surface area contributed by atoms with Crippen LogP contribution in [0.4, 0.5) is 0 Å². The molecule has 1 atom stereocenters. The van der Waals surface area contributed by atoms with Gasteiger partial charge in [0, 0.05) is 24.9 Å². The van der Waals surface area contributed by atoms with Gasteiger partial charge in [0.15, 0.2) is 0 Å². The average molecular weight is 296 g/mol. The Kier molecular flexibility index (Phi) is 6.16. The van der Waals surface area contributed by atoms with Crippen LogP contribution in [0.3, 0.4) is 0 Å². The van der Waals surface area contributed by atoms with Crippen molar-refractivity contribution in [3.63, 3.8) is 0 Å². The highest BCUT2D eigenvalue weighted by Gasteiger charge is 2.22. The van der Waals surface area contributed by atoms with Crippen LogP contribution >= 0.6 is 0 Å². The van der Waals surface area contributed by atoms with E-state index in [9.17, 15) is 4.79 Å². The van der Waals surface area contributed by atoms with E-state index in [1.54, 1.807) is 0 Å². The predicted molar refractivity (Wildman–Crippen MR) is 90.9 cm³/mol. The molecule has 2 aromatic rings. The van der Waals surface area contributed by atoms with Crippen LogP contribution in [0.15, 0.2) is 60.7 Å². The van der Waals surface area contributed by atoms with E-state index in [1.165, 1.54) is 11.1 Å². The molecule has 3 heteroatoms. The van der Waals surface area contributed by atoms with Crippen LogP contribution < -0.4 is 10.6 Å². The largest absolute Gasteiger partial charge is 0.353 e. The Bertz CT molecular complexity index is 529. The van der Waals surface area contributed by atoms with Gasteiger partial charge >= 0.3 is 0 Å². The molecule has 0 fully saturated rings. The molecule has 2 rings (SSSR count). The lowest BCUT2D eigenvalue weighted by atomic mass is 9.86. The van der Waals surface area contributed by atoms with Gasteiger partial charge in [-0.25, -0.2) is 0 Å². The molecule has 0 saturated heterocycles. The molecule has 0 spiro atoms. The minimum atomic E-state index is 0.0363. The number of hydrogen-bond acceptors (Lipinski definition) is 2. The second-order valence-corrected chi connectivity index (χ2v) is 5.51. The maximum Gasteiger partial charge on any atom is 0.221 e. The average Bonchev–Trinajstić information content (AvgIpc) is 2.55. The van der Waals surface area contributed by atoms with Gasteiger partial charge in [-0.05, 0) is 25.1 Å². The van der Waals surface area contributed by atoms with Crippen LogP contribution in [0.2, 0.25) is 0 Å². The number of carbonyl (C=O) groups is 1. The summed E-state index contributed by atoms with van der Waals surface area (Å²) < 4.78 is 0. The monoisotopic (exact) mass is 296 g/mol. The topological polar surface area (TPSA) is 41.1 Å². The number of hydrogen-bond donors (Lipinski definition) is 2. The molecule has 2 N–H and O–H groups in total. The first-order valence-corrected chi connectivity index (χ1v) is 7.76. The SMILES string of the molecule is CNCCC(=O)NC(C)C(c1ccccc1)c1ccccc1. The van der Waals surface area contributed by atoms with Gasteiger partial charge in [0.25, 0.3) is 0 Å². The second-order valence-electron chi connectivity index (χ2n) is 5.51. The molecular formula is C19H24N2O. The lowest BCUT2D eigenvalue weighted by Crippen LogP contribution is -2.38. The Labute approximate surface area is 132 Å². The van der Waals surface area contributed by atoms with Crippen LogP contribution in [0.1, 0.15) is 30.4 Å². The smallest absolute Gasteiger partial charge is 0.221 e. The summed E-state index contributed by atoms with van der Waals surface area (Å²) in [6, 6.07) is 20.7. The van der Waals surface area contributed by atoms with E-state index in [0.29, 0.717) is 13.0 Å². The molecule has 0 saturated carbocycles. The van der Waals surface area contributed by atoms with Gasteiger partial charge < -0.3 is 10.6 Å². The van der Waals surface area contributed by atoms with E-state index in [2.05, 4.69) is 41.8 Å². The maximum atomic E-state index is 12.0. The van der Waals surface area contributed by atoms with E-state index in [0.717, 1.165) is 0 Å². The Morgan fingerprint density at radius 3 is 1.91 bits per heavy atom. The van der Waals surface area contributed by atoms with Crippen molar-refractivity contribution >= 4 is 5.91 Å². The summed E-state index contributed by atoms with van der Waals surface area (Å²) in [6.07, 6.45) is 0.497. The summed E-state index contributed by atoms with van der Waals surface area (Å²) >= 11 is 0. The van der Waals surface area contributed by atoms with Gasteiger partial charge in [-0.3, -0.25) is 4.79 Å². The van der Waals surface area contributed by atoms with Crippen molar-refractivity contribution in [3.05, 3.63) is 71.8 Å². The van der Waals surface area contributed by atoms with Crippen LogP contribution in [-0.4, -0.2) is 25.5 Å². The summed E-state index contributed by atoms with van der Waals surface area (Å²) in [5, 5.41) is 6.14. The van der Waals surface area contributed by atoms with Gasteiger partial charge in [0.05, 0.1) is 0 Å². The highest BCUT2D eigenvalue weighted by atomic mass is 16.1. The zero-order valence-corrected chi connectivity index (χ0v) is 13.3. The van der Waals surface area contributed by atoms with Crippen molar-refractivity contribution in [2.75, 3.05) is 13.6 Å². The minimum absolute atomic E-state index is 0.0363. The van der Waals surface area contributed by atoms with Crippen LogP contribution in [0.5, 0.6) is 0 Å². The van der Waals surface area contributed by atoms with Crippen molar-refractivity contribution in [1.29, 1.82) is 0 Å². The van der Waals surface area contributed by atoms with Crippen LogP contribution in [-0.2, 0) is 4.79 Å². The number of carbonyl (C=O) groups excluding carboxylic acids is 1.